The topological polar surface area (TPSA) is 76.0 Å². The molecular formula is C22H28O5. The molecule has 5 heteroatoms. The van der Waals surface area contributed by atoms with Crippen LogP contribution in [-0.2, 0) is 4.74 Å². The monoisotopic (exact) mass is 372 g/mol. The van der Waals surface area contributed by atoms with Crippen LogP contribution in [-0.4, -0.2) is 28.9 Å². The van der Waals surface area contributed by atoms with Crippen molar-refractivity contribution in [2.45, 2.75) is 40.7 Å². The van der Waals surface area contributed by atoms with Crippen molar-refractivity contribution in [3.63, 3.8) is 0 Å². The smallest absolute Gasteiger partial charge is 0.342 e. The summed E-state index contributed by atoms with van der Waals surface area (Å²) in [5.74, 6) is -0.119. The second-order valence-corrected chi connectivity index (χ2v) is 5.27. The van der Waals surface area contributed by atoms with E-state index in [-0.39, 0.29) is 23.7 Å². The summed E-state index contributed by atoms with van der Waals surface area (Å²) in [6, 6.07) is 10.1. The van der Waals surface area contributed by atoms with Crippen LogP contribution in [0.2, 0.25) is 0 Å². The van der Waals surface area contributed by atoms with E-state index in [1.165, 1.54) is 12.1 Å². The third-order valence-electron chi connectivity index (χ3n) is 3.56. The summed E-state index contributed by atoms with van der Waals surface area (Å²) in [5.41, 5.74) is 1.55. The molecule has 1 heterocycles. The van der Waals surface area contributed by atoms with Crippen molar-refractivity contribution in [3.8, 4) is 17.2 Å². The molecule has 0 radical (unpaired) electrons. The van der Waals surface area contributed by atoms with Gasteiger partial charge in [-0.05, 0) is 24.6 Å². The quantitative estimate of drug-likeness (QED) is 0.630. The molecular weight excluding hydrogens is 344 g/mol. The highest BCUT2D eigenvalue weighted by atomic mass is 16.5. The number of esters is 1. The molecule has 1 aliphatic heterocycles. The first kappa shape index (κ1) is 22.3. The van der Waals surface area contributed by atoms with E-state index in [2.05, 4.69) is 0 Å². The fraction of sp³-hybridized carbons (Fsp3) is 0.318. The minimum absolute atomic E-state index is 0.0540. The van der Waals surface area contributed by atoms with E-state index in [0.29, 0.717) is 16.9 Å². The molecule has 0 aromatic heterocycles. The van der Waals surface area contributed by atoms with Gasteiger partial charge in [0.25, 0.3) is 0 Å². The Bertz CT molecular complexity index is 780. The van der Waals surface area contributed by atoms with Crippen molar-refractivity contribution in [3.05, 3.63) is 59.2 Å². The number of aromatic hydroxyl groups is 1. The molecule has 1 unspecified atom stereocenters. The number of para-hydroxylation sites is 1. The Kier molecular flexibility index (Phi) is 9.09. The van der Waals surface area contributed by atoms with Crippen LogP contribution in [0, 0.1) is 6.92 Å². The van der Waals surface area contributed by atoms with Gasteiger partial charge in [-0.25, -0.2) is 4.79 Å². The van der Waals surface area contributed by atoms with Crippen LogP contribution >= 0.6 is 0 Å². The first-order valence-corrected chi connectivity index (χ1v) is 9.19. The number of hydrogen-bond acceptors (Lipinski definition) is 5. The molecule has 2 N–H and O–H groups in total. The van der Waals surface area contributed by atoms with Gasteiger partial charge in [0.15, 0.2) is 11.5 Å². The van der Waals surface area contributed by atoms with Crippen molar-refractivity contribution in [2.24, 2.45) is 0 Å². The van der Waals surface area contributed by atoms with E-state index in [1.54, 1.807) is 43.3 Å². The second kappa shape index (κ2) is 11.0. The zero-order chi connectivity index (χ0) is 20.4. The number of aliphatic hydroxyl groups is 1. The highest BCUT2D eigenvalue weighted by Gasteiger charge is 2.21. The Morgan fingerprint density at radius 1 is 1.04 bits per heavy atom. The van der Waals surface area contributed by atoms with Crippen LogP contribution in [0.25, 0.3) is 6.08 Å². The number of cyclic esters (lactones) is 1. The van der Waals surface area contributed by atoms with E-state index < -0.39 is 12.1 Å². The summed E-state index contributed by atoms with van der Waals surface area (Å²) in [6.45, 7) is 9.61. The molecule has 0 fully saturated rings. The van der Waals surface area contributed by atoms with Gasteiger partial charge in [0, 0.05) is 5.56 Å². The van der Waals surface area contributed by atoms with Crippen molar-refractivity contribution < 1.29 is 24.5 Å². The molecule has 146 valence electrons. The second-order valence-electron chi connectivity index (χ2n) is 5.27. The van der Waals surface area contributed by atoms with E-state index >= 15 is 0 Å². The van der Waals surface area contributed by atoms with Crippen molar-refractivity contribution in [1.29, 1.82) is 0 Å². The number of fused-ring (bicyclic) bond motifs is 2. The maximum absolute atomic E-state index is 12.3. The molecule has 0 saturated heterocycles. The van der Waals surface area contributed by atoms with Crippen LogP contribution < -0.4 is 4.74 Å². The number of benzene rings is 2. The molecule has 3 rings (SSSR count). The molecule has 2 aromatic rings. The number of ether oxygens (including phenoxy) is 2. The first-order chi connectivity index (χ1) is 13.1. The number of aryl methyl sites for hydroxylation is 1. The van der Waals surface area contributed by atoms with Gasteiger partial charge in [0.1, 0.15) is 24.0 Å². The average molecular weight is 372 g/mol. The average Bonchev–Trinajstić information content (AvgIpc) is 2.71. The molecule has 1 atom stereocenters. The lowest BCUT2D eigenvalue weighted by atomic mass is 10.1. The summed E-state index contributed by atoms with van der Waals surface area (Å²) in [4.78, 5) is 12.3. The standard InChI is InChI=1S/C18H16O5.2C2H6/c1-11-4-2-7-15-16(11)18(21)22-10-13(19)9-8-12-5-3-6-14(20)17(12)23-15;2*1-2/h2-9,13,19-20H,10H2,1H3;2*1-2H3/b9-8+;;. The third kappa shape index (κ3) is 5.59. The lowest BCUT2D eigenvalue weighted by molar-refractivity contribution is 0.0342. The van der Waals surface area contributed by atoms with E-state index in [1.807, 2.05) is 27.7 Å². The highest BCUT2D eigenvalue weighted by molar-refractivity contribution is 5.94. The molecule has 27 heavy (non-hydrogen) atoms. The third-order valence-corrected chi connectivity index (χ3v) is 3.56. The molecule has 0 bridgehead atoms. The molecule has 0 spiro atoms. The van der Waals surface area contributed by atoms with E-state index in [4.69, 9.17) is 9.47 Å². The fourth-order valence-corrected chi connectivity index (χ4v) is 2.39. The first-order valence-electron chi connectivity index (χ1n) is 9.19. The zero-order valence-electron chi connectivity index (χ0n) is 16.5. The van der Waals surface area contributed by atoms with Crippen LogP contribution in [0.4, 0.5) is 0 Å². The van der Waals surface area contributed by atoms with Crippen LogP contribution in [0.1, 0.15) is 49.2 Å². The normalized spacial score (nSPS) is 16.4. The van der Waals surface area contributed by atoms with Crippen molar-refractivity contribution >= 4 is 12.0 Å². The van der Waals surface area contributed by atoms with Gasteiger partial charge in [0.05, 0.1) is 0 Å². The molecule has 2 aromatic carbocycles. The Labute approximate surface area is 160 Å². The minimum Gasteiger partial charge on any atom is -0.504 e. The summed E-state index contributed by atoms with van der Waals surface area (Å²) in [5, 5.41) is 20.0. The van der Waals surface area contributed by atoms with E-state index in [0.717, 1.165) is 0 Å². The van der Waals surface area contributed by atoms with Crippen LogP contribution in [0.5, 0.6) is 17.2 Å². The van der Waals surface area contributed by atoms with Crippen LogP contribution in [0.3, 0.4) is 0 Å². The predicted molar refractivity (Wildman–Crippen MR) is 107 cm³/mol. The van der Waals surface area contributed by atoms with Gasteiger partial charge in [0.2, 0.25) is 0 Å². The summed E-state index contributed by atoms with van der Waals surface area (Å²) in [7, 11) is 0. The molecule has 1 aliphatic rings. The van der Waals surface area contributed by atoms with Gasteiger partial charge in [-0.15, -0.1) is 0 Å². The Morgan fingerprint density at radius 2 is 1.70 bits per heavy atom. The van der Waals surface area contributed by atoms with Gasteiger partial charge in [-0.3, -0.25) is 0 Å². The lowest BCUT2D eigenvalue weighted by Crippen LogP contribution is -2.17. The van der Waals surface area contributed by atoms with Crippen molar-refractivity contribution in [2.75, 3.05) is 6.61 Å². The van der Waals surface area contributed by atoms with E-state index in [9.17, 15) is 15.0 Å². The maximum Gasteiger partial charge on any atom is 0.342 e. The largest absolute Gasteiger partial charge is 0.504 e. The summed E-state index contributed by atoms with van der Waals surface area (Å²) in [6.07, 6.45) is 2.16. The lowest BCUT2D eigenvalue weighted by Gasteiger charge is -2.14. The van der Waals surface area contributed by atoms with Crippen molar-refractivity contribution in [1.82, 2.24) is 0 Å². The Hall–Kier alpha value is -2.79. The minimum atomic E-state index is -0.945. The maximum atomic E-state index is 12.3. The highest BCUT2D eigenvalue weighted by Crippen LogP contribution is 2.37. The van der Waals surface area contributed by atoms with Gasteiger partial charge in [-0.1, -0.05) is 64.1 Å². The summed E-state index contributed by atoms with van der Waals surface area (Å²) >= 11 is 0. The number of phenolic OH excluding ortho intramolecular Hbond substituents is 1. The SMILES string of the molecule is CC.CC.Cc1cccc2c1C(=O)OCC(O)/C=C/c1cccc(O)c1O2. The fourth-order valence-electron chi connectivity index (χ4n) is 2.39. The number of rotatable bonds is 0. The Morgan fingerprint density at radius 3 is 2.41 bits per heavy atom. The van der Waals surface area contributed by atoms with Gasteiger partial charge in [-0.2, -0.15) is 0 Å². The number of carbonyl (C=O) groups excluding carboxylic acids is 1. The van der Waals surface area contributed by atoms with Gasteiger partial charge < -0.3 is 19.7 Å². The number of carbonyl (C=O) groups is 1. The molecule has 0 amide bonds. The predicted octanol–water partition coefficient (Wildman–Crippen LogP) is 5.09. The Balaban J connectivity index is 0.000000855. The summed E-state index contributed by atoms with van der Waals surface area (Å²) < 4.78 is 10.9. The molecule has 5 nitrogen and oxygen atoms in total. The van der Waals surface area contributed by atoms with Crippen LogP contribution in [0.15, 0.2) is 42.5 Å². The molecule has 0 saturated carbocycles. The number of aliphatic hydroxyl groups excluding tert-OH is 1. The number of phenols is 1. The van der Waals surface area contributed by atoms with Gasteiger partial charge >= 0.3 is 5.97 Å². The molecule has 0 aliphatic carbocycles. The zero-order valence-corrected chi connectivity index (χ0v) is 16.5. The number of hydrogen-bond donors (Lipinski definition) is 2.